The third-order valence-electron chi connectivity index (χ3n) is 4.55. The van der Waals surface area contributed by atoms with Gasteiger partial charge in [-0.3, -0.25) is 4.79 Å². The van der Waals surface area contributed by atoms with Gasteiger partial charge in [0, 0.05) is 25.3 Å². The largest absolute Gasteiger partial charge is 0.493 e. The van der Waals surface area contributed by atoms with Gasteiger partial charge in [-0.05, 0) is 43.7 Å². The Morgan fingerprint density at radius 2 is 1.96 bits per heavy atom. The molecule has 0 aliphatic heterocycles. The summed E-state index contributed by atoms with van der Waals surface area (Å²) in [6.07, 6.45) is 1.72. The van der Waals surface area contributed by atoms with Crippen molar-refractivity contribution in [2.45, 2.75) is 13.8 Å². The minimum absolute atomic E-state index is 0.244. The van der Waals surface area contributed by atoms with Crippen molar-refractivity contribution in [3.63, 3.8) is 0 Å². The number of ether oxygens (including phenoxy) is 1. The first-order valence-corrected chi connectivity index (χ1v) is 9.41. The number of anilines is 1. The van der Waals surface area contributed by atoms with Crippen LogP contribution in [0.1, 0.15) is 23.0 Å². The zero-order valence-electron chi connectivity index (χ0n) is 16.6. The van der Waals surface area contributed by atoms with Gasteiger partial charge in [-0.15, -0.1) is 0 Å². The van der Waals surface area contributed by atoms with E-state index in [1.807, 2.05) is 36.4 Å². The monoisotopic (exact) mass is 378 g/mol. The molecule has 0 fully saturated rings. The lowest BCUT2D eigenvalue weighted by Crippen LogP contribution is -2.35. The molecule has 0 saturated carbocycles. The molecule has 1 heterocycles. The normalized spacial score (nSPS) is 10.5. The van der Waals surface area contributed by atoms with E-state index >= 15 is 0 Å². The molecule has 1 amide bonds. The van der Waals surface area contributed by atoms with Crippen LogP contribution < -0.4 is 15.0 Å². The lowest BCUT2D eigenvalue weighted by Gasteiger charge is -2.23. The molecular weight excluding hydrogens is 352 g/mol. The van der Waals surface area contributed by atoms with Gasteiger partial charge in [-0.2, -0.15) is 5.10 Å². The molecule has 1 N–H and O–H groups in total. The fourth-order valence-corrected chi connectivity index (χ4v) is 3.06. The van der Waals surface area contributed by atoms with E-state index in [9.17, 15) is 4.79 Å². The Kier molecular flexibility index (Phi) is 6.32. The lowest BCUT2D eigenvalue weighted by molar-refractivity contribution is 0.0946. The predicted octanol–water partition coefficient (Wildman–Crippen LogP) is 3.45. The Labute approximate surface area is 165 Å². The van der Waals surface area contributed by atoms with Gasteiger partial charge in [-0.1, -0.05) is 30.3 Å². The molecule has 1 aromatic heterocycles. The summed E-state index contributed by atoms with van der Waals surface area (Å²) in [6, 6.07) is 18.0. The summed E-state index contributed by atoms with van der Waals surface area (Å²) in [7, 11) is 1.54. The zero-order chi connectivity index (χ0) is 19.9. The number of para-hydroxylation sites is 1. The topological polar surface area (TPSA) is 59.4 Å². The van der Waals surface area contributed by atoms with Crippen LogP contribution in [-0.4, -0.2) is 42.4 Å². The summed E-state index contributed by atoms with van der Waals surface area (Å²) in [5.74, 6) is 0.208. The second kappa shape index (κ2) is 9.08. The summed E-state index contributed by atoms with van der Waals surface area (Å²) in [5.41, 5.74) is 3.53. The van der Waals surface area contributed by atoms with Crippen LogP contribution in [0.15, 0.2) is 60.8 Å². The molecule has 0 spiro atoms. The van der Waals surface area contributed by atoms with Gasteiger partial charge in [0.05, 0.1) is 19.0 Å². The van der Waals surface area contributed by atoms with E-state index in [2.05, 4.69) is 47.4 Å². The molecule has 3 rings (SSSR count). The first-order valence-electron chi connectivity index (χ1n) is 9.41. The number of carbonyl (C=O) groups excluding carboxylic acids is 1. The number of nitrogens with zero attached hydrogens (tertiary/aromatic N) is 3. The maximum Gasteiger partial charge on any atom is 0.275 e. The van der Waals surface area contributed by atoms with Crippen LogP contribution in [-0.2, 0) is 0 Å². The number of likely N-dealkylation sites (N-methyl/N-ethyl adjacent to an activating group) is 1. The molecule has 3 aromatic rings. The third-order valence-corrected chi connectivity index (χ3v) is 4.55. The minimum atomic E-state index is -0.244. The standard InChI is InChI=1S/C22H26N4O2/c1-4-25(19-12-8-9-17(2)15-19)14-13-23-22(27)21-20(28-3)16-26(24-21)18-10-6-5-7-11-18/h5-12,15-16H,4,13-14H2,1-3H3,(H,23,27). The molecule has 0 radical (unpaired) electrons. The van der Waals surface area contributed by atoms with Crippen molar-refractivity contribution in [3.05, 3.63) is 72.1 Å². The van der Waals surface area contributed by atoms with E-state index in [1.54, 1.807) is 18.0 Å². The van der Waals surface area contributed by atoms with Crippen molar-refractivity contribution < 1.29 is 9.53 Å². The van der Waals surface area contributed by atoms with E-state index in [1.165, 1.54) is 5.56 Å². The average molecular weight is 378 g/mol. The van der Waals surface area contributed by atoms with Gasteiger partial charge in [0.25, 0.3) is 5.91 Å². The van der Waals surface area contributed by atoms with Crippen LogP contribution in [0, 0.1) is 6.92 Å². The molecule has 6 heteroatoms. The molecule has 2 aromatic carbocycles. The highest BCUT2D eigenvalue weighted by molar-refractivity contribution is 5.95. The molecule has 146 valence electrons. The van der Waals surface area contributed by atoms with E-state index in [0.717, 1.165) is 17.9 Å². The van der Waals surface area contributed by atoms with E-state index < -0.39 is 0 Å². The second-order valence-corrected chi connectivity index (χ2v) is 6.50. The molecule has 0 aliphatic rings. The maximum atomic E-state index is 12.6. The Bertz CT molecular complexity index is 921. The number of aromatic nitrogens is 2. The number of carbonyl (C=O) groups is 1. The van der Waals surface area contributed by atoms with Crippen LogP contribution in [0.5, 0.6) is 5.75 Å². The minimum Gasteiger partial charge on any atom is -0.493 e. The van der Waals surface area contributed by atoms with Crippen molar-refractivity contribution in [1.82, 2.24) is 15.1 Å². The Hall–Kier alpha value is -3.28. The van der Waals surface area contributed by atoms with Crippen LogP contribution in [0.4, 0.5) is 5.69 Å². The molecular formula is C22H26N4O2. The third kappa shape index (κ3) is 4.52. The quantitative estimate of drug-likeness (QED) is 0.652. The summed E-state index contributed by atoms with van der Waals surface area (Å²) in [6.45, 7) is 6.28. The average Bonchev–Trinajstić information content (AvgIpc) is 3.16. The fraction of sp³-hybridized carbons (Fsp3) is 0.273. The van der Waals surface area contributed by atoms with E-state index in [0.29, 0.717) is 18.8 Å². The van der Waals surface area contributed by atoms with E-state index in [-0.39, 0.29) is 11.6 Å². The SMILES string of the molecule is CCN(CCNC(=O)c1nn(-c2ccccc2)cc1OC)c1cccc(C)c1. The van der Waals surface area contributed by atoms with Crippen molar-refractivity contribution in [2.75, 3.05) is 31.6 Å². The summed E-state index contributed by atoms with van der Waals surface area (Å²) >= 11 is 0. The number of hydrogen-bond donors (Lipinski definition) is 1. The number of aryl methyl sites for hydroxylation is 1. The molecule has 0 saturated heterocycles. The lowest BCUT2D eigenvalue weighted by atomic mass is 10.2. The smallest absolute Gasteiger partial charge is 0.275 e. The predicted molar refractivity (Wildman–Crippen MR) is 112 cm³/mol. The Morgan fingerprint density at radius 1 is 1.18 bits per heavy atom. The van der Waals surface area contributed by atoms with Crippen molar-refractivity contribution >= 4 is 11.6 Å². The zero-order valence-corrected chi connectivity index (χ0v) is 16.6. The number of nitrogens with one attached hydrogen (secondary N) is 1. The van der Waals surface area contributed by atoms with E-state index in [4.69, 9.17) is 4.74 Å². The number of amides is 1. The molecule has 0 aliphatic carbocycles. The molecule has 0 unspecified atom stereocenters. The number of hydrogen-bond acceptors (Lipinski definition) is 4. The summed E-state index contributed by atoms with van der Waals surface area (Å²) in [4.78, 5) is 14.9. The van der Waals surface area contributed by atoms with Gasteiger partial charge in [-0.25, -0.2) is 4.68 Å². The highest BCUT2D eigenvalue weighted by Gasteiger charge is 2.18. The molecule has 28 heavy (non-hydrogen) atoms. The van der Waals surface area contributed by atoms with Gasteiger partial charge >= 0.3 is 0 Å². The number of methoxy groups -OCH3 is 1. The number of rotatable bonds is 8. The van der Waals surface area contributed by atoms with Crippen LogP contribution in [0.25, 0.3) is 5.69 Å². The summed E-state index contributed by atoms with van der Waals surface area (Å²) in [5, 5.41) is 7.36. The van der Waals surface area contributed by atoms with Gasteiger partial charge in [0.2, 0.25) is 0 Å². The Balaban J connectivity index is 1.65. The Morgan fingerprint density at radius 3 is 2.64 bits per heavy atom. The molecule has 0 bridgehead atoms. The van der Waals surface area contributed by atoms with Crippen LogP contribution >= 0.6 is 0 Å². The second-order valence-electron chi connectivity index (χ2n) is 6.50. The number of benzene rings is 2. The first kappa shape index (κ1) is 19.5. The fourth-order valence-electron chi connectivity index (χ4n) is 3.06. The molecule has 0 atom stereocenters. The summed E-state index contributed by atoms with van der Waals surface area (Å²) < 4.78 is 7.00. The van der Waals surface area contributed by atoms with Crippen LogP contribution in [0.3, 0.4) is 0 Å². The van der Waals surface area contributed by atoms with Gasteiger partial charge < -0.3 is 15.0 Å². The highest BCUT2D eigenvalue weighted by Crippen LogP contribution is 2.19. The highest BCUT2D eigenvalue weighted by atomic mass is 16.5. The van der Waals surface area contributed by atoms with Gasteiger partial charge in [0.1, 0.15) is 0 Å². The van der Waals surface area contributed by atoms with Crippen LogP contribution in [0.2, 0.25) is 0 Å². The maximum absolute atomic E-state index is 12.6. The van der Waals surface area contributed by atoms with Crippen molar-refractivity contribution in [2.24, 2.45) is 0 Å². The molecule has 6 nitrogen and oxygen atoms in total. The van der Waals surface area contributed by atoms with Crippen molar-refractivity contribution in [3.8, 4) is 11.4 Å². The van der Waals surface area contributed by atoms with Gasteiger partial charge in [0.15, 0.2) is 11.4 Å². The van der Waals surface area contributed by atoms with Crippen molar-refractivity contribution in [1.29, 1.82) is 0 Å². The first-order chi connectivity index (χ1) is 13.6.